The number of rotatable bonds is 5. The first-order valence-electron chi connectivity index (χ1n) is 7.87. The maximum atomic E-state index is 12.4. The number of benzene rings is 2. The molecule has 2 aromatic carbocycles. The van der Waals surface area contributed by atoms with Gasteiger partial charge in [0.25, 0.3) is 0 Å². The van der Waals surface area contributed by atoms with Crippen LogP contribution in [0.25, 0.3) is 11.3 Å². The molecule has 0 aliphatic carbocycles. The minimum atomic E-state index is -0.274. The third-order valence-electron chi connectivity index (χ3n) is 3.77. The lowest BCUT2D eigenvalue weighted by Gasteiger charge is -2.12. The fourth-order valence-electron chi connectivity index (χ4n) is 2.31. The number of halogens is 1. The van der Waals surface area contributed by atoms with Crippen molar-refractivity contribution in [1.29, 1.82) is 0 Å². The number of anilines is 1. The highest BCUT2D eigenvalue weighted by molar-refractivity contribution is 8.00. The smallest absolute Gasteiger partial charge is 0.237 e. The third kappa shape index (κ3) is 4.44. The number of hydrogen-bond acceptors (Lipinski definition) is 3. The predicted octanol–water partition coefficient (Wildman–Crippen LogP) is 5.16. The summed E-state index contributed by atoms with van der Waals surface area (Å²) in [5.74, 6) is -0.0521. The van der Waals surface area contributed by atoms with E-state index in [-0.39, 0.29) is 11.2 Å². The van der Waals surface area contributed by atoms with E-state index >= 15 is 0 Å². The van der Waals surface area contributed by atoms with Crippen molar-refractivity contribution in [3.05, 3.63) is 65.3 Å². The molecule has 4 nitrogen and oxygen atoms in total. The van der Waals surface area contributed by atoms with Crippen LogP contribution in [0, 0.1) is 6.92 Å². The number of imidazole rings is 1. The largest absolute Gasteiger partial charge is 0.333 e. The summed E-state index contributed by atoms with van der Waals surface area (Å²) in [5, 5.41) is 4.08. The van der Waals surface area contributed by atoms with Gasteiger partial charge >= 0.3 is 0 Å². The number of carbonyl (C=O) groups is 1. The van der Waals surface area contributed by atoms with Crippen LogP contribution in [0.2, 0.25) is 5.02 Å². The molecule has 2 N–H and O–H groups in total. The van der Waals surface area contributed by atoms with Crippen LogP contribution in [-0.2, 0) is 4.79 Å². The maximum absolute atomic E-state index is 12.4. The number of aryl methyl sites for hydroxylation is 1. The molecule has 3 rings (SSSR count). The Morgan fingerprint density at radius 3 is 2.64 bits per heavy atom. The normalized spacial score (nSPS) is 12.0. The van der Waals surface area contributed by atoms with Crippen LogP contribution in [0.1, 0.15) is 12.5 Å². The third-order valence-corrected chi connectivity index (χ3v) is 5.02. The van der Waals surface area contributed by atoms with Gasteiger partial charge in [-0.1, -0.05) is 53.7 Å². The van der Waals surface area contributed by atoms with Crippen LogP contribution in [0.15, 0.2) is 59.9 Å². The van der Waals surface area contributed by atoms with E-state index in [1.807, 2.05) is 62.4 Å². The number of H-pyrrole nitrogens is 1. The number of amides is 1. The number of thioether (sulfide) groups is 1. The summed E-state index contributed by atoms with van der Waals surface area (Å²) >= 11 is 7.30. The molecule has 6 heteroatoms. The molecule has 0 spiro atoms. The lowest BCUT2D eigenvalue weighted by Crippen LogP contribution is -2.22. The fraction of sp³-hybridized carbons (Fsp3) is 0.158. The van der Waals surface area contributed by atoms with Crippen LogP contribution in [0.3, 0.4) is 0 Å². The van der Waals surface area contributed by atoms with Gasteiger partial charge in [-0.25, -0.2) is 4.98 Å². The molecule has 128 valence electrons. The van der Waals surface area contributed by atoms with Gasteiger partial charge in [0, 0.05) is 10.7 Å². The first kappa shape index (κ1) is 17.6. The Morgan fingerprint density at radius 1 is 1.20 bits per heavy atom. The van der Waals surface area contributed by atoms with Crippen LogP contribution >= 0.6 is 23.4 Å². The van der Waals surface area contributed by atoms with E-state index in [0.29, 0.717) is 10.2 Å². The summed E-state index contributed by atoms with van der Waals surface area (Å²) in [7, 11) is 0. The van der Waals surface area contributed by atoms with Crippen molar-refractivity contribution < 1.29 is 4.79 Å². The minimum Gasteiger partial charge on any atom is -0.333 e. The van der Waals surface area contributed by atoms with Gasteiger partial charge in [-0.15, -0.1) is 0 Å². The van der Waals surface area contributed by atoms with E-state index in [2.05, 4.69) is 15.3 Å². The topological polar surface area (TPSA) is 57.8 Å². The quantitative estimate of drug-likeness (QED) is 0.609. The molecule has 0 saturated heterocycles. The number of para-hydroxylation sites is 1. The second-order valence-corrected chi connectivity index (χ2v) is 7.44. The second-order valence-electron chi connectivity index (χ2n) is 5.67. The lowest BCUT2D eigenvalue weighted by atomic mass is 10.2. The summed E-state index contributed by atoms with van der Waals surface area (Å²) in [5.41, 5.74) is 3.77. The van der Waals surface area contributed by atoms with E-state index in [9.17, 15) is 4.79 Å². The van der Waals surface area contributed by atoms with Gasteiger partial charge in [0.2, 0.25) is 5.91 Å². The average molecular weight is 372 g/mol. The molecule has 1 aromatic heterocycles. The van der Waals surface area contributed by atoms with E-state index in [1.165, 1.54) is 11.8 Å². The van der Waals surface area contributed by atoms with Crippen molar-refractivity contribution in [1.82, 2.24) is 9.97 Å². The highest BCUT2D eigenvalue weighted by atomic mass is 35.5. The standard InChI is InChI=1S/C19H18ClN3OS/c1-12-5-3-4-6-16(12)22-18(24)13(2)25-19-21-11-17(23-19)14-7-9-15(20)10-8-14/h3-11,13H,1-2H3,(H,21,23)(H,22,24)/t13-/m1/s1. The Labute approximate surface area is 156 Å². The Morgan fingerprint density at radius 2 is 1.92 bits per heavy atom. The zero-order chi connectivity index (χ0) is 17.8. The molecule has 0 radical (unpaired) electrons. The minimum absolute atomic E-state index is 0.0521. The van der Waals surface area contributed by atoms with Gasteiger partial charge in [0.1, 0.15) is 0 Å². The number of nitrogens with one attached hydrogen (secondary N) is 2. The van der Waals surface area contributed by atoms with Crippen molar-refractivity contribution in [3.8, 4) is 11.3 Å². The summed E-state index contributed by atoms with van der Waals surface area (Å²) in [4.78, 5) is 20.0. The number of hydrogen-bond donors (Lipinski definition) is 2. The Kier molecular flexibility index (Phi) is 5.46. The van der Waals surface area contributed by atoms with E-state index < -0.39 is 0 Å². The molecule has 0 fully saturated rings. The lowest BCUT2D eigenvalue weighted by molar-refractivity contribution is -0.115. The first-order chi connectivity index (χ1) is 12.0. The van der Waals surface area contributed by atoms with Crippen molar-refractivity contribution in [2.24, 2.45) is 0 Å². The van der Waals surface area contributed by atoms with Crippen LogP contribution in [0.5, 0.6) is 0 Å². The van der Waals surface area contributed by atoms with Crippen molar-refractivity contribution in [2.75, 3.05) is 5.32 Å². The van der Waals surface area contributed by atoms with Gasteiger partial charge in [0.05, 0.1) is 17.1 Å². The molecule has 0 aliphatic rings. The molecule has 3 aromatic rings. The average Bonchev–Trinajstić information content (AvgIpc) is 3.06. The van der Waals surface area contributed by atoms with Crippen molar-refractivity contribution in [2.45, 2.75) is 24.3 Å². The number of aromatic nitrogens is 2. The number of carbonyl (C=O) groups excluding carboxylic acids is 1. The van der Waals surface area contributed by atoms with Gasteiger partial charge < -0.3 is 10.3 Å². The molecule has 0 unspecified atom stereocenters. The molecule has 25 heavy (non-hydrogen) atoms. The Hall–Kier alpha value is -2.24. The summed E-state index contributed by atoms with van der Waals surface area (Å²) in [6, 6.07) is 15.3. The molecule has 1 atom stereocenters. The van der Waals surface area contributed by atoms with E-state index in [4.69, 9.17) is 11.6 Å². The predicted molar refractivity (Wildman–Crippen MR) is 104 cm³/mol. The van der Waals surface area contributed by atoms with Gasteiger partial charge in [-0.3, -0.25) is 4.79 Å². The van der Waals surface area contributed by atoms with E-state index in [1.54, 1.807) is 6.20 Å². The zero-order valence-corrected chi connectivity index (χ0v) is 15.5. The number of aromatic amines is 1. The second kappa shape index (κ2) is 7.76. The monoisotopic (exact) mass is 371 g/mol. The summed E-state index contributed by atoms with van der Waals surface area (Å²) in [6.07, 6.45) is 1.76. The van der Waals surface area contributed by atoms with Crippen molar-refractivity contribution in [3.63, 3.8) is 0 Å². The zero-order valence-electron chi connectivity index (χ0n) is 13.9. The molecule has 1 amide bonds. The Bertz CT molecular complexity index is 876. The van der Waals surface area contributed by atoms with Gasteiger partial charge in [-0.2, -0.15) is 0 Å². The molecule has 0 saturated carbocycles. The molecular weight excluding hydrogens is 354 g/mol. The van der Waals surface area contributed by atoms with Crippen LogP contribution < -0.4 is 5.32 Å². The summed E-state index contributed by atoms with van der Waals surface area (Å²) in [6.45, 7) is 3.83. The van der Waals surface area contributed by atoms with Gasteiger partial charge in [-0.05, 0) is 43.2 Å². The molecule has 0 aliphatic heterocycles. The Balaban J connectivity index is 1.65. The fourth-order valence-corrected chi connectivity index (χ4v) is 3.22. The van der Waals surface area contributed by atoms with E-state index in [0.717, 1.165) is 22.5 Å². The van der Waals surface area contributed by atoms with Gasteiger partial charge in [0.15, 0.2) is 5.16 Å². The van der Waals surface area contributed by atoms with Crippen LogP contribution in [-0.4, -0.2) is 21.1 Å². The molecule has 1 heterocycles. The summed E-state index contributed by atoms with van der Waals surface area (Å²) < 4.78 is 0. The number of nitrogens with zero attached hydrogens (tertiary/aromatic N) is 1. The van der Waals surface area contributed by atoms with Crippen molar-refractivity contribution >= 4 is 35.0 Å². The molecule has 0 bridgehead atoms. The highest BCUT2D eigenvalue weighted by Crippen LogP contribution is 2.26. The van der Waals surface area contributed by atoms with Crippen LogP contribution in [0.4, 0.5) is 5.69 Å². The SMILES string of the molecule is Cc1ccccc1NC(=O)[C@@H](C)Sc1ncc(-c2ccc(Cl)cc2)[nH]1. The highest BCUT2D eigenvalue weighted by Gasteiger charge is 2.17. The molecular formula is C19H18ClN3OS. The maximum Gasteiger partial charge on any atom is 0.237 e. The first-order valence-corrected chi connectivity index (χ1v) is 9.13.